The third-order valence-electron chi connectivity index (χ3n) is 4.88. The molecule has 1 saturated carbocycles. The fourth-order valence-corrected chi connectivity index (χ4v) is 3.46. The van der Waals surface area contributed by atoms with E-state index in [1.807, 2.05) is 17.0 Å². The normalized spacial score (nSPS) is 15.5. The van der Waals surface area contributed by atoms with Gasteiger partial charge in [-0.25, -0.2) is 0 Å². The van der Waals surface area contributed by atoms with E-state index in [9.17, 15) is 4.79 Å². The third kappa shape index (κ3) is 4.04. The van der Waals surface area contributed by atoms with Gasteiger partial charge in [-0.3, -0.25) is 4.79 Å². The summed E-state index contributed by atoms with van der Waals surface area (Å²) in [5.41, 5.74) is 3.11. The minimum Gasteiger partial charge on any atom is -0.472 e. The van der Waals surface area contributed by atoms with Gasteiger partial charge in [-0.15, -0.1) is 0 Å². The van der Waals surface area contributed by atoms with Gasteiger partial charge in [0.05, 0.1) is 11.8 Å². The van der Waals surface area contributed by atoms with Gasteiger partial charge in [0.1, 0.15) is 6.26 Å². The minimum absolute atomic E-state index is 0.0765. The molecule has 1 aromatic heterocycles. The first-order valence-electron chi connectivity index (χ1n) is 8.60. The van der Waals surface area contributed by atoms with Crippen LogP contribution in [0, 0.1) is 12.8 Å². The van der Waals surface area contributed by atoms with Crippen LogP contribution in [0.4, 0.5) is 0 Å². The number of rotatable bonds is 5. The lowest BCUT2D eigenvalue weighted by Gasteiger charge is -2.30. The molecular formula is C20H25NO2. The van der Waals surface area contributed by atoms with Crippen LogP contribution in [0.1, 0.15) is 53.6 Å². The second kappa shape index (κ2) is 7.49. The number of benzene rings is 1. The van der Waals surface area contributed by atoms with Crippen LogP contribution >= 0.6 is 0 Å². The van der Waals surface area contributed by atoms with Crippen molar-refractivity contribution in [2.45, 2.75) is 45.6 Å². The lowest BCUT2D eigenvalue weighted by molar-refractivity contribution is 0.0698. The average Bonchev–Trinajstić information content (AvgIpc) is 3.11. The van der Waals surface area contributed by atoms with Crippen molar-refractivity contribution in [2.75, 3.05) is 6.54 Å². The number of carbonyl (C=O) groups is 1. The van der Waals surface area contributed by atoms with Crippen molar-refractivity contribution >= 4 is 5.91 Å². The molecule has 1 aromatic carbocycles. The molecule has 1 heterocycles. The van der Waals surface area contributed by atoms with Crippen molar-refractivity contribution in [2.24, 2.45) is 5.92 Å². The van der Waals surface area contributed by atoms with Crippen LogP contribution in [-0.4, -0.2) is 17.4 Å². The highest BCUT2D eigenvalue weighted by Gasteiger charge is 2.23. The zero-order chi connectivity index (χ0) is 16.1. The van der Waals surface area contributed by atoms with Crippen molar-refractivity contribution in [1.29, 1.82) is 0 Å². The second-order valence-electron chi connectivity index (χ2n) is 6.63. The van der Waals surface area contributed by atoms with Crippen molar-refractivity contribution in [3.63, 3.8) is 0 Å². The molecule has 2 aromatic rings. The molecular weight excluding hydrogens is 286 g/mol. The van der Waals surface area contributed by atoms with E-state index in [-0.39, 0.29) is 5.91 Å². The Hall–Kier alpha value is -2.03. The highest BCUT2D eigenvalue weighted by Crippen LogP contribution is 2.26. The van der Waals surface area contributed by atoms with Crippen LogP contribution in [0.15, 0.2) is 47.3 Å². The van der Waals surface area contributed by atoms with E-state index in [0.717, 1.165) is 6.54 Å². The third-order valence-corrected chi connectivity index (χ3v) is 4.88. The summed E-state index contributed by atoms with van der Waals surface area (Å²) in [5, 5.41) is 0. The van der Waals surface area contributed by atoms with Gasteiger partial charge in [0.15, 0.2) is 0 Å². The van der Waals surface area contributed by atoms with Crippen LogP contribution in [0.3, 0.4) is 0 Å². The van der Waals surface area contributed by atoms with Crippen molar-refractivity contribution in [1.82, 2.24) is 4.90 Å². The molecule has 3 nitrogen and oxygen atoms in total. The molecule has 1 aliphatic rings. The van der Waals surface area contributed by atoms with Gasteiger partial charge in [-0.2, -0.15) is 0 Å². The fraction of sp³-hybridized carbons (Fsp3) is 0.450. The van der Waals surface area contributed by atoms with E-state index in [1.54, 1.807) is 18.6 Å². The first-order chi connectivity index (χ1) is 11.2. The molecule has 3 rings (SSSR count). The van der Waals surface area contributed by atoms with Gasteiger partial charge in [-0.1, -0.05) is 43.5 Å². The first-order valence-corrected chi connectivity index (χ1v) is 8.60. The zero-order valence-corrected chi connectivity index (χ0v) is 13.8. The number of furan rings is 1. The van der Waals surface area contributed by atoms with Crippen LogP contribution in [0.25, 0.3) is 0 Å². The molecule has 122 valence electrons. The van der Waals surface area contributed by atoms with E-state index in [1.165, 1.54) is 43.2 Å². The molecule has 0 radical (unpaired) electrons. The van der Waals surface area contributed by atoms with Crippen LogP contribution in [0.5, 0.6) is 0 Å². The molecule has 0 spiro atoms. The minimum atomic E-state index is 0.0765. The maximum Gasteiger partial charge on any atom is 0.257 e. The highest BCUT2D eigenvalue weighted by atomic mass is 16.3. The molecule has 0 saturated heterocycles. The van der Waals surface area contributed by atoms with Crippen LogP contribution in [-0.2, 0) is 6.54 Å². The number of carbonyl (C=O) groups excluding carboxylic acids is 1. The van der Waals surface area contributed by atoms with Crippen LogP contribution in [0.2, 0.25) is 0 Å². The molecule has 1 fully saturated rings. The summed E-state index contributed by atoms with van der Waals surface area (Å²) in [6.07, 6.45) is 9.52. The molecule has 0 atom stereocenters. The van der Waals surface area contributed by atoms with E-state index >= 15 is 0 Å². The topological polar surface area (TPSA) is 33.5 Å². The summed E-state index contributed by atoms with van der Waals surface area (Å²) in [6.45, 7) is 3.63. The summed E-state index contributed by atoms with van der Waals surface area (Å²) in [7, 11) is 0. The smallest absolute Gasteiger partial charge is 0.257 e. The standard InChI is InChI=1S/C20H25NO2/c1-16-7-5-6-10-18(16)14-21(13-17-8-3-2-4-9-17)20(22)19-11-12-23-15-19/h5-7,10-12,15,17H,2-4,8-9,13-14H2,1H3. The fourth-order valence-electron chi connectivity index (χ4n) is 3.46. The Morgan fingerprint density at radius 2 is 1.96 bits per heavy atom. The lowest BCUT2D eigenvalue weighted by Crippen LogP contribution is -2.35. The Morgan fingerprint density at radius 3 is 2.65 bits per heavy atom. The Bertz CT molecular complexity index is 627. The van der Waals surface area contributed by atoms with Crippen molar-refractivity contribution in [3.05, 3.63) is 59.5 Å². The Kier molecular flexibility index (Phi) is 5.16. The summed E-state index contributed by atoms with van der Waals surface area (Å²) in [6, 6.07) is 10.1. The van der Waals surface area contributed by atoms with Crippen molar-refractivity contribution < 1.29 is 9.21 Å². The summed E-state index contributed by atoms with van der Waals surface area (Å²) < 4.78 is 5.10. The number of hydrogen-bond donors (Lipinski definition) is 0. The zero-order valence-electron chi connectivity index (χ0n) is 13.8. The van der Waals surface area contributed by atoms with Gasteiger partial charge >= 0.3 is 0 Å². The largest absolute Gasteiger partial charge is 0.472 e. The summed E-state index contributed by atoms with van der Waals surface area (Å²) >= 11 is 0. The van der Waals surface area contributed by atoms with Gasteiger partial charge in [-0.05, 0) is 42.9 Å². The quantitative estimate of drug-likeness (QED) is 0.794. The number of nitrogens with zero attached hydrogens (tertiary/aromatic N) is 1. The molecule has 1 amide bonds. The van der Waals surface area contributed by atoms with Gasteiger partial charge < -0.3 is 9.32 Å². The number of hydrogen-bond acceptors (Lipinski definition) is 2. The maximum atomic E-state index is 12.9. The monoisotopic (exact) mass is 311 g/mol. The van der Waals surface area contributed by atoms with E-state index < -0.39 is 0 Å². The van der Waals surface area contributed by atoms with E-state index in [0.29, 0.717) is 18.0 Å². The van der Waals surface area contributed by atoms with Crippen molar-refractivity contribution in [3.8, 4) is 0 Å². The molecule has 0 bridgehead atoms. The maximum absolute atomic E-state index is 12.9. The summed E-state index contributed by atoms with van der Waals surface area (Å²) in [5.74, 6) is 0.705. The predicted molar refractivity (Wildman–Crippen MR) is 91.2 cm³/mol. The highest BCUT2D eigenvalue weighted by molar-refractivity contribution is 5.93. The second-order valence-corrected chi connectivity index (χ2v) is 6.63. The van der Waals surface area contributed by atoms with Crippen LogP contribution < -0.4 is 0 Å². The van der Waals surface area contributed by atoms with E-state index in [2.05, 4.69) is 19.1 Å². The molecule has 3 heteroatoms. The van der Waals surface area contributed by atoms with Gasteiger partial charge in [0.25, 0.3) is 5.91 Å². The summed E-state index contributed by atoms with van der Waals surface area (Å²) in [4.78, 5) is 14.9. The molecule has 0 unspecified atom stereocenters. The Morgan fingerprint density at radius 1 is 1.17 bits per heavy atom. The first kappa shape index (κ1) is 15.9. The Labute approximate surface area is 138 Å². The molecule has 23 heavy (non-hydrogen) atoms. The Balaban J connectivity index is 1.77. The van der Waals surface area contributed by atoms with Gasteiger partial charge in [0.2, 0.25) is 0 Å². The van der Waals surface area contributed by atoms with Gasteiger partial charge in [0, 0.05) is 13.1 Å². The number of aryl methyl sites for hydroxylation is 1. The number of amides is 1. The molecule has 1 aliphatic carbocycles. The average molecular weight is 311 g/mol. The SMILES string of the molecule is Cc1ccccc1CN(CC1CCCCC1)C(=O)c1ccoc1. The lowest BCUT2D eigenvalue weighted by atomic mass is 9.88. The molecule has 0 aliphatic heterocycles. The predicted octanol–water partition coefficient (Wildman–Crippen LogP) is 4.81. The van der Waals surface area contributed by atoms with E-state index in [4.69, 9.17) is 4.42 Å². The molecule has 0 N–H and O–H groups in total.